The number of nitrogens with one attached hydrogen (secondary N) is 1. The lowest BCUT2D eigenvalue weighted by atomic mass is 10.0. The quantitative estimate of drug-likeness (QED) is 0.0320. The van der Waals surface area contributed by atoms with Gasteiger partial charge in [0, 0.05) is 12.8 Å². The second-order valence-corrected chi connectivity index (χ2v) is 24.2. The summed E-state index contributed by atoms with van der Waals surface area (Å²) < 4.78 is 5.50. The number of ether oxygens (including phenoxy) is 1. The van der Waals surface area contributed by atoms with Gasteiger partial charge in [0.2, 0.25) is 5.91 Å². The molecule has 0 heterocycles. The van der Waals surface area contributed by atoms with Crippen LogP contribution in [0.2, 0.25) is 0 Å². The largest absolute Gasteiger partial charge is 0.466 e. The molecule has 0 aliphatic carbocycles. The van der Waals surface area contributed by atoms with Crippen molar-refractivity contribution < 1.29 is 24.5 Å². The molecule has 0 bridgehead atoms. The number of hydrogen-bond donors (Lipinski definition) is 3. The number of unbranched alkanes of at least 4 members (excludes halogenated alkanes) is 49. The van der Waals surface area contributed by atoms with Gasteiger partial charge in [-0.05, 0) is 89.9 Å². The summed E-state index contributed by atoms with van der Waals surface area (Å²) in [6.07, 6.45) is 88.9. The lowest BCUT2D eigenvalue weighted by Crippen LogP contribution is -2.45. The van der Waals surface area contributed by atoms with Crippen LogP contribution in [-0.4, -0.2) is 47.4 Å². The minimum Gasteiger partial charge on any atom is -0.466 e. The zero-order chi connectivity index (χ0) is 57.1. The van der Waals surface area contributed by atoms with E-state index in [1.807, 2.05) is 6.08 Å². The van der Waals surface area contributed by atoms with Crippen LogP contribution < -0.4 is 5.32 Å². The van der Waals surface area contributed by atoms with E-state index in [1.165, 1.54) is 302 Å². The topological polar surface area (TPSA) is 95.9 Å². The highest BCUT2D eigenvalue weighted by Gasteiger charge is 2.18. The van der Waals surface area contributed by atoms with Crippen molar-refractivity contribution in [3.63, 3.8) is 0 Å². The van der Waals surface area contributed by atoms with E-state index in [9.17, 15) is 19.8 Å². The molecular weight excluding hydrogens is 971 g/mol. The Morgan fingerprint density at radius 1 is 0.354 bits per heavy atom. The van der Waals surface area contributed by atoms with E-state index in [4.69, 9.17) is 4.74 Å². The van der Waals surface area contributed by atoms with Crippen molar-refractivity contribution in [3.05, 3.63) is 48.6 Å². The maximum Gasteiger partial charge on any atom is 0.305 e. The van der Waals surface area contributed by atoms with Crippen LogP contribution in [0, 0.1) is 0 Å². The molecule has 0 aromatic carbocycles. The third kappa shape index (κ3) is 64.8. The molecule has 6 heteroatoms. The first-order chi connectivity index (χ1) is 39.0. The van der Waals surface area contributed by atoms with Crippen LogP contribution in [0.15, 0.2) is 48.6 Å². The maximum absolute atomic E-state index is 12.5. The first-order valence-electron chi connectivity index (χ1n) is 35.4. The average Bonchev–Trinajstić information content (AvgIpc) is 3.45. The summed E-state index contributed by atoms with van der Waals surface area (Å²) in [5.41, 5.74) is 0. The van der Waals surface area contributed by atoms with Gasteiger partial charge in [0.25, 0.3) is 0 Å². The minimum absolute atomic E-state index is 0.00496. The monoisotopic (exact) mass is 1110 g/mol. The van der Waals surface area contributed by atoms with Crippen molar-refractivity contribution in [1.82, 2.24) is 5.32 Å². The summed E-state index contributed by atoms with van der Waals surface area (Å²) in [4.78, 5) is 24.6. The number of carbonyl (C=O) groups excluding carboxylic acids is 2. The SMILES string of the molecule is CCCCCC/C=C\C/C=C\CCCCCCCCCC(=O)OCCCCCCCCCCCCCC/C=C\CCCCCCCCCCC(=O)NC(CO)C(O)/C=C/CCCCCCCCCCCCCCCCCCCC. The van der Waals surface area contributed by atoms with Gasteiger partial charge in [-0.25, -0.2) is 0 Å². The van der Waals surface area contributed by atoms with Gasteiger partial charge in [-0.1, -0.05) is 326 Å². The first kappa shape index (κ1) is 76.8. The molecule has 0 radical (unpaired) electrons. The normalized spacial score (nSPS) is 12.8. The van der Waals surface area contributed by atoms with E-state index in [1.54, 1.807) is 6.08 Å². The molecule has 1 amide bonds. The number of hydrogen-bond acceptors (Lipinski definition) is 5. The molecule has 464 valence electrons. The fourth-order valence-corrected chi connectivity index (χ4v) is 10.9. The fourth-order valence-electron chi connectivity index (χ4n) is 10.9. The van der Waals surface area contributed by atoms with Gasteiger partial charge in [0.1, 0.15) is 0 Å². The van der Waals surface area contributed by atoms with Crippen LogP contribution in [0.25, 0.3) is 0 Å². The second kappa shape index (κ2) is 68.3. The Labute approximate surface area is 493 Å². The molecular formula is C73H137NO5. The Morgan fingerprint density at radius 2 is 0.633 bits per heavy atom. The molecule has 0 spiro atoms. The summed E-state index contributed by atoms with van der Waals surface area (Å²) in [7, 11) is 0. The first-order valence-corrected chi connectivity index (χ1v) is 35.4. The van der Waals surface area contributed by atoms with Crippen molar-refractivity contribution in [3.8, 4) is 0 Å². The highest BCUT2D eigenvalue weighted by molar-refractivity contribution is 5.76. The molecule has 2 atom stereocenters. The molecule has 0 aromatic rings. The standard InChI is InChI=1S/C73H137NO5/c1-3-5-7-9-11-13-15-17-19-21-23-30-33-37-41-45-49-53-57-61-65-71(76)70(69-75)74-72(77)66-62-58-54-50-46-42-38-34-31-28-26-24-25-27-29-32-36-40-44-48-52-56-60-64-68-79-73(78)67-63-59-55-51-47-43-39-35-22-20-18-16-14-12-10-8-6-4-2/h14,16,20,22,26,28,61,65,70-71,75-76H,3-13,15,17-19,21,23-25,27,29-60,62-64,66-69H2,1-2H3,(H,74,77)/b16-14-,22-20-,28-26-,65-61+. The van der Waals surface area contributed by atoms with Crippen LogP contribution in [-0.2, 0) is 14.3 Å². The number of allylic oxidation sites excluding steroid dienone is 7. The van der Waals surface area contributed by atoms with Gasteiger partial charge in [0.15, 0.2) is 0 Å². The molecule has 0 fully saturated rings. The van der Waals surface area contributed by atoms with Crippen LogP contribution in [0.3, 0.4) is 0 Å². The van der Waals surface area contributed by atoms with Gasteiger partial charge in [-0.15, -0.1) is 0 Å². The summed E-state index contributed by atoms with van der Waals surface area (Å²) in [6, 6.07) is -0.633. The molecule has 2 unspecified atom stereocenters. The van der Waals surface area contributed by atoms with E-state index in [0.717, 1.165) is 51.4 Å². The maximum atomic E-state index is 12.5. The second-order valence-electron chi connectivity index (χ2n) is 24.2. The highest BCUT2D eigenvalue weighted by Crippen LogP contribution is 2.18. The Kier molecular flexibility index (Phi) is 66.4. The molecule has 0 aliphatic rings. The van der Waals surface area contributed by atoms with Crippen LogP contribution in [0.5, 0.6) is 0 Å². The van der Waals surface area contributed by atoms with Crippen LogP contribution >= 0.6 is 0 Å². The molecule has 0 rings (SSSR count). The zero-order valence-corrected chi connectivity index (χ0v) is 53.1. The van der Waals surface area contributed by atoms with E-state index in [2.05, 4.69) is 55.6 Å². The van der Waals surface area contributed by atoms with Crippen LogP contribution in [0.4, 0.5) is 0 Å². The molecule has 0 aliphatic heterocycles. The van der Waals surface area contributed by atoms with Crippen molar-refractivity contribution in [1.29, 1.82) is 0 Å². The lowest BCUT2D eigenvalue weighted by molar-refractivity contribution is -0.143. The van der Waals surface area contributed by atoms with Crippen molar-refractivity contribution in [2.24, 2.45) is 0 Å². The predicted molar refractivity (Wildman–Crippen MR) is 347 cm³/mol. The number of aliphatic hydroxyl groups excluding tert-OH is 2. The van der Waals surface area contributed by atoms with E-state index >= 15 is 0 Å². The minimum atomic E-state index is -0.849. The lowest BCUT2D eigenvalue weighted by Gasteiger charge is -2.20. The van der Waals surface area contributed by atoms with Crippen molar-refractivity contribution >= 4 is 11.9 Å². The van der Waals surface area contributed by atoms with Gasteiger partial charge in [-0.2, -0.15) is 0 Å². The summed E-state index contributed by atoms with van der Waals surface area (Å²) in [5.74, 6) is -0.0648. The number of rotatable bonds is 66. The molecule has 0 aromatic heterocycles. The van der Waals surface area contributed by atoms with Gasteiger partial charge < -0.3 is 20.3 Å². The predicted octanol–water partition coefficient (Wildman–Crippen LogP) is 22.9. The fraction of sp³-hybridized carbons (Fsp3) is 0.863. The Bertz CT molecular complexity index is 1320. The highest BCUT2D eigenvalue weighted by atomic mass is 16.5. The van der Waals surface area contributed by atoms with Crippen molar-refractivity contribution in [2.75, 3.05) is 13.2 Å². The number of amides is 1. The number of esters is 1. The van der Waals surface area contributed by atoms with Crippen LogP contribution in [0.1, 0.15) is 380 Å². The van der Waals surface area contributed by atoms with E-state index in [-0.39, 0.29) is 18.5 Å². The molecule has 0 saturated carbocycles. The molecule has 6 nitrogen and oxygen atoms in total. The van der Waals surface area contributed by atoms with Gasteiger partial charge >= 0.3 is 5.97 Å². The van der Waals surface area contributed by atoms with E-state index in [0.29, 0.717) is 19.4 Å². The third-order valence-electron chi connectivity index (χ3n) is 16.3. The average molecular weight is 1110 g/mol. The molecule has 3 N–H and O–H groups in total. The zero-order valence-electron chi connectivity index (χ0n) is 53.1. The number of aliphatic hydroxyl groups is 2. The molecule has 79 heavy (non-hydrogen) atoms. The van der Waals surface area contributed by atoms with Gasteiger partial charge in [-0.3, -0.25) is 9.59 Å². The third-order valence-corrected chi connectivity index (χ3v) is 16.3. The Morgan fingerprint density at radius 3 is 0.987 bits per heavy atom. The number of carbonyl (C=O) groups is 2. The summed E-state index contributed by atoms with van der Waals surface area (Å²) >= 11 is 0. The Hall–Kier alpha value is -2.18. The Balaban J connectivity index is 3.43. The smallest absolute Gasteiger partial charge is 0.305 e. The van der Waals surface area contributed by atoms with Gasteiger partial charge in [0.05, 0.1) is 25.4 Å². The summed E-state index contributed by atoms with van der Waals surface area (Å²) in [6.45, 7) is 4.91. The van der Waals surface area contributed by atoms with Crippen molar-refractivity contribution in [2.45, 2.75) is 392 Å². The van der Waals surface area contributed by atoms with E-state index < -0.39 is 12.1 Å². The summed E-state index contributed by atoms with van der Waals surface area (Å²) in [5, 5.41) is 23.2. The molecule has 0 saturated heterocycles.